The molecule has 0 bridgehead atoms. The van der Waals surface area contributed by atoms with Crippen molar-refractivity contribution in [3.63, 3.8) is 0 Å². The van der Waals surface area contributed by atoms with Gasteiger partial charge in [0.2, 0.25) is 0 Å². The molecule has 5 nitrogen and oxygen atoms in total. The van der Waals surface area contributed by atoms with Gasteiger partial charge >= 0.3 is 6.03 Å². The van der Waals surface area contributed by atoms with Crippen LogP contribution in [0.4, 0.5) is 10.5 Å². The monoisotopic (exact) mass is 278 g/mol. The summed E-state index contributed by atoms with van der Waals surface area (Å²) in [6.07, 6.45) is 2.09. The van der Waals surface area contributed by atoms with Gasteiger partial charge in [0.1, 0.15) is 5.75 Å². The first-order chi connectivity index (χ1) is 9.48. The van der Waals surface area contributed by atoms with Crippen LogP contribution in [0.5, 0.6) is 5.75 Å². The normalized spacial score (nSPS) is 17.2. The molecule has 5 heteroatoms. The van der Waals surface area contributed by atoms with Crippen LogP contribution < -0.4 is 15.4 Å². The molecule has 1 fully saturated rings. The number of hydrogen-bond acceptors (Lipinski definition) is 3. The van der Waals surface area contributed by atoms with Gasteiger partial charge in [0.15, 0.2) is 0 Å². The van der Waals surface area contributed by atoms with E-state index in [0.717, 1.165) is 18.4 Å². The highest BCUT2D eigenvalue weighted by molar-refractivity contribution is 5.91. The molecule has 0 radical (unpaired) electrons. The van der Waals surface area contributed by atoms with E-state index >= 15 is 0 Å². The molecule has 20 heavy (non-hydrogen) atoms. The molecule has 0 spiro atoms. The van der Waals surface area contributed by atoms with Gasteiger partial charge < -0.3 is 20.5 Å². The van der Waals surface area contributed by atoms with Crippen LogP contribution in [-0.4, -0.2) is 30.4 Å². The van der Waals surface area contributed by atoms with E-state index in [4.69, 9.17) is 4.74 Å². The second-order valence-electron chi connectivity index (χ2n) is 5.63. The van der Waals surface area contributed by atoms with E-state index in [-0.39, 0.29) is 12.6 Å². The summed E-state index contributed by atoms with van der Waals surface area (Å²) < 4.78 is 5.25. The van der Waals surface area contributed by atoms with Crippen molar-refractivity contribution in [2.24, 2.45) is 5.92 Å². The van der Waals surface area contributed by atoms with Gasteiger partial charge in [0.25, 0.3) is 0 Å². The summed E-state index contributed by atoms with van der Waals surface area (Å²) in [5.41, 5.74) is 1.12. The molecule has 0 aromatic heterocycles. The maximum absolute atomic E-state index is 12.1. The van der Waals surface area contributed by atoms with Gasteiger partial charge in [-0.1, -0.05) is 6.07 Å². The number of methoxy groups -OCH3 is 1. The first-order valence-electron chi connectivity index (χ1n) is 6.83. The highest BCUT2D eigenvalue weighted by Gasteiger charge is 2.42. The Morgan fingerprint density at radius 2 is 2.20 bits per heavy atom. The minimum absolute atomic E-state index is 0.0594. The molecule has 1 atom stereocenters. The fraction of sp³-hybridized carbons (Fsp3) is 0.533. The molecule has 110 valence electrons. The number of nitrogens with one attached hydrogen (secondary N) is 2. The number of aliphatic hydroxyl groups excluding tert-OH is 1. The molecule has 3 N–H and O–H groups in total. The van der Waals surface area contributed by atoms with E-state index in [9.17, 15) is 9.90 Å². The van der Waals surface area contributed by atoms with Gasteiger partial charge in [0.05, 0.1) is 24.9 Å². The van der Waals surface area contributed by atoms with Crippen LogP contribution in [0.25, 0.3) is 0 Å². The van der Waals surface area contributed by atoms with Crippen molar-refractivity contribution < 1.29 is 14.6 Å². The van der Waals surface area contributed by atoms with Crippen molar-refractivity contribution in [3.8, 4) is 5.75 Å². The molecule has 0 aliphatic heterocycles. The van der Waals surface area contributed by atoms with Crippen molar-refractivity contribution in [1.82, 2.24) is 5.32 Å². The minimum Gasteiger partial charge on any atom is -0.495 e. The molecule has 1 aromatic carbocycles. The first-order valence-corrected chi connectivity index (χ1v) is 6.83. The van der Waals surface area contributed by atoms with Crippen LogP contribution >= 0.6 is 0 Å². The molecule has 0 heterocycles. The van der Waals surface area contributed by atoms with Crippen LogP contribution in [0.1, 0.15) is 25.3 Å². The predicted octanol–water partition coefficient (Wildman–Crippen LogP) is 2.29. The molecule has 2 amide bonds. The lowest BCUT2D eigenvalue weighted by Gasteiger charge is -2.28. The maximum atomic E-state index is 12.1. The van der Waals surface area contributed by atoms with Gasteiger partial charge in [-0.2, -0.15) is 0 Å². The Bertz CT molecular complexity index is 500. The third-order valence-corrected chi connectivity index (χ3v) is 3.81. The van der Waals surface area contributed by atoms with Crippen molar-refractivity contribution in [2.45, 2.75) is 32.2 Å². The number of amides is 2. The molecule has 2 rings (SSSR count). The fourth-order valence-electron chi connectivity index (χ4n) is 2.31. The lowest BCUT2D eigenvalue weighted by atomic mass is 9.97. The Morgan fingerprint density at radius 1 is 1.50 bits per heavy atom. The topological polar surface area (TPSA) is 70.6 Å². The van der Waals surface area contributed by atoms with E-state index in [1.165, 1.54) is 0 Å². The molecule has 1 unspecified atom stereocenters. The summed E-state index contributed by atoms with van der Waals surface area (Å²) >= 11 is 0. The lowest BCUT2D eigenvalue weighted by molar-refractivity contribution is 0.159. The Hall–Kier alpha value is -1.75. The number of aliphatic hydroxyl groups is 1. The summed E-state index contributed by atoms with van der Waals surface area (Å²) in [7, 11) is 1.57. The van der Waals surface area contributed by atoms with Gasteiger partial charge in [-0.05, 0) is 50.3 Å². The second kappa shape index (κ2) is 5.71. The van der Waals surface area contributed by atoms with E-state index in [2.05, 4.69) is 10.6 Å². The zero-order valence-electron chi connectivity index (χ0n) is 12.2. The third-order valence-electron chi connectivity index (χ3n) is 3.81. The van der Waals surface area contributed by atoms with E-state index in [0.29, 0.717) is 17.4 Å². The quantitative estimate of drug-likeness (QED) is 0.774. The molecule has 1 saturated carbocycles. The molecule has 1 aliphatic rings. The lowest BCUT2D eigenvalue weighted by Crippen LogP contribution is -2.52. The van der Waals surface area contributed by atoms with Crippen LogP contribution in [0.15, 0.2) is 18.2 Å². The number of urea groups is 1. The van der Waals surface area contributed by atoms with Crippen molar-refractivity contribution in [3.05, 3.63) is 23.8 Å². The Labute approximate surface area is 119 Å². The van der Waals surface area contributed by atoms with Crippen LogP contribution in [0, 0.1) is 12.8 Å². The van der Waals surface area contributed by atoms with Crippen LogP contribution in [-0.2, 0) is 0 Å². The Morgan fingerprint density at radius 3 is 2.75 bits per heavy atom. The summed E-state index contributed by atoms with van der Waals surface area (Å²) in [4.78, 5) is 12.1. The summed E-state index contributed by atoms with van der Waals surface area (Å²) in [5.74, 6) is 0.982. The Kier molecular flexibility index (Phi) is 4.18. The average Bonchev–Trinajstić information content (AvgIpc) is 3.25. The zero-order chi connectivity index (χ0) is 14.8. The fourth-order valence-corrected chi connectivity index (χ4v) is 2.31. The molecule has 0 saturated heterocycles. The number of rotatable bonds is 5. The van der Waals surface area contributed by atoms with E-state index in [1.54, 1.807) is 13.2 Å². The van der Waals surface area contributed by atoms with Crippen molar-refractivity contribution in [1.29, 1.82) is 0 Å². The van der Waals surface area contributed by atoms with Crippen LogP contribution in [0.2, 0.25) is 0 Å². The number of carbonyl (C=O) groups is 1. The standard InChI is InChI=1S/C15H22N2O3/c1-10-4-7-12(13(8-10)20-3)16-14(19)17-15(2,9-18)11-5-6-11/h4,7-8,11,18H,5-6,9H2,1-3H3,(H2,16,17,19). The van der Waals surface area contributed by atoms with Crippen LogP contribution in [0.3, 0.4) is 0 Å². The van der Waals surface area contributed by atoms with Crippen molar-refractivity contribution in [2.75, 3.05) is 19.0 Å². The maximum Gasteiger partial charge on any atom is 0.319 e. The number of benzene rings is 1. The van der Waals surface area contributed by atoms with Gasteiger partial charge in [-0.25, -0.2) is 4.79 Å². The number of hydrogen-bond donors (Lipinski definition) is 3. The van der Waals surface area contributed by atoms with Crippen molar-refractivity contribution >= 4 is 11.7 Å². The van der Waals surface area contributed by atoms with Gasteiger partial charge in [-0.3, -0.25) is 0 Å². The molecular formula is C15H22N2O3. The van der Waals surface area contributed by atoms with Gasteiger partial charge in [0, 0.05) is 0 Å². The SMILES string of the molecule is COc1cc(C)ccc1NC(=O)NC(C)(CO)C1CC1. The number of ether oxygens (including phenoxy) is 1. The van der Waals surface area contributed by atoms with E-state index < -0.39 is 5.54 Å². The molecular weight excluding hydrogens is 256 g/mol. The number of anilines is 1. The number of aryl methyl sites for hydroxylation is 1. The highest BCUT2D eigenvalue weighted by atomic mass is 16.5. The first kappa shape index (κ1) is 14.7. The van der Waals surface area contributed by atoms with Gasteiger partial charge in [-0.15, -0.1) is 0 Å². The summed E-state index contributed by atoms with van der Waals surface area (Å²) in [5, 5.41) is 15.1. The molecule has 1 aliphatic carbocycles. The minimum atomic E-state index is -0.554. The predicted molar refractivity (Wildman–Crippen MR) is 78.1 cm³/mol. The largest absolute Gasteiger partial charge is 0.495 e. The highest BCUT2D eigenvalue weighted by Crippen LogP contribution is 2.39. The number of carbonyl (C=O) groups excluding carboxylic acids is 1. The second-order valence-corrected chi connectivity index (χ2v) is 5.63. The molecule has 1 aromatic rings. The average molecular weight is 278 g/mol. The van der Waals surface area contributed by atoms with E-state index in [1.807, 2.05) is 26.0 Å². The summed E-state index contributed by atoms with van der Waals surface area (Å²) in [6.45, 7) is 3.77. The Balaban J connectivity index is 2.04. The third kappa shape index (κ3) is 3.22. The zero-order valence-corrected chi connectivity index (χ0v) is 12.2. The summed E-state index contributed by atoms with van der Waals surface area (Å²) in [6, 6.07) is 5.25. The smallest absolute Gasteiger partial charge is 0.319 e.